The zero-order valence-electron chi connectivity index (χ0n) is 16.6. The Balaban J connectivity index is 1.35. The lowest BCUT2D eigenvalue weighted by molar-refractivity contribution is 0.0714. The number of hydrogen-bond acceptors (Lipinski definition) is 7. The van der Waals surface area contributed by atoms with Gasteiger partial charge in [0.25, 0.3) is 5.91 Å². The number of benzene rings is 1. The molecule has 1 atom stereocenters. The van der Waals surface area contributed by atoms with E-state index in [2.05, 4.69) is 15.1 Å². The zero-order chi connectivity index (χ0) is 20.2. The summed E-state index contributed by atoms with van der Waals surface area (Å²) in [5.74, 6) is 1.12. The second-order valence-electron chi connectivity index (χ2n) is 7.14. The van der Waals surface area contributed by atoms with Crippen molar-refractivity contribution in [3.8, 4) is 0 Å². The molecule has 1 aromatic carbocycles. The van der Waals surface area contributed by atoms with E-state index in [9.17, 15) is 4.79 Å². The topological polar surface area (TPSA) is 81.4 Å². The van der Waals surface area contributed by atoms with Crippen molar-refractivity contribution in [3.05, 3.63) is 63.2 Å². The van der Waals surface area contributed by atoms with Gasteiger partial charge in [-0.3, -0.25) is 4.79 Å². The molecule has 3 heterocycles. The van der Waals surface area contributed by atoms with Crippen molar-refractivity contribution in [2.24, 2.45) is 0 Å². The van der Waals surface area contributed by atoms with E-state index in [1.165, 1.54) is 11.3 Å². The first-order valence-corrected chi connectivity index (χ1v) is 10.6. The number of carbonyl (C=O) groups excluding carboxylic acids is 1. The van der Waals surface area contributed by atoms with Crippen LogP contribution in [0.15, 0.2) is 34.9 Å². The summed E-state index contributed by atoms with van der Waals surface area (Å²) in [5, 5.41) is 4.98. The number of hydrogen-bond donors (Lipinski definition) is 0. The van der Waals surface area contributed by atoms with E-state index in [1.54, 1.807) is 0 Å². The van der Waals surface area contributed by atoms with Crippen molar-refractivity contribution >= 4 is 17.2 Å². The van der Waals surface area contributed by atoms with Crippen LogP contribution in [-0.2, 0) is 17.8 Å². The minimum Gasteiger partial charge on any atom is -0.376 e. The minimum atomic E-state index is -0.171. The number of rotatable bonds is 7. The lowest BCUT2D eigenvalue weighted by atomic mass is 10.2. The molecule has 0 aliphatic carbocycles. The van der Waals surface area contributed by atoms with Crippen LogP contribution in [0.25, 0.3) is 0 Å². The number of thiazole rings is 1. The van der Waals surface area contributed by atoms with Crippen molar-refractivity contribution in [1.82, 2.24) is 20.0 Å². The van der Waals surface area contributed by atoms with Crippen molar-refractivity contribution in [2.75, 3.05) is 13.2 Å². The third kappa shape index (κ3) is 4.54. The molecule has 1 amide bonds. The van der Waals surface area contributed by atoms with E-state index >= 15 is 0 Å². The number of aryl methyl sites for hydroxylation is 2. The van der Waals surface area contributed by atoms with Gasteiger partial charge in [-0.25, -0.2) is 4.98 Å². The summed E-state index contributed by atoms with van der Waals surface area (Å²) >= 11 is 1.44. The van der Waals surface area contributed by atoms with Crippen molar-refractivity contribution in [1.29, 1.82) is 0 Å². The fraction of sp³-hybridized carbons (Fsp3) is 0.429. The van der Waals surface area contributed by atoms with E-state index in [0.29, 0.717) is 42.8 Å². The molecule has 4 rings (SSSR count). The average molecular weight is 413 g/mol. The molecule has 0 radical (unpaired) electrons. The van der Waals surface area contributed by atoms with Gasteiger partial charge in [-0.15, -0.1) is 11.3 Å². The third-order valence-corrected chi connectivity index (χ3v) is 6.02. The van der Waals surface area contributed by atoms with Gasteiger partial charge < -0.3 is 14.2 Å². The Hall–Kier alpha value is -2.58. The Bertz CT molecular complexity index is 969. The second-order valence-corrected chi connectivity index (χ2v) is 8.34. The molecule has 29 heavy (non-hydrogen) atoms. The summed E-state index contributed by atoms with van der Waals surface area (Å²) in [6.07, 6.45) is 2.32. The summed E-state index contributed by atoms with van der Waals surface area (Å²) in [6.45, 7) is 5.56. The summed E-state index contributed by atoms with van der Waals surface area (Å²) in [5.41, 5.74) is 1.92. The Morgan fingerprint density at radius 2 is 2.10 bits per heavy atom. The van der Waals surface area contributed by atoms with Crippen LogP contribution in [0.4, 0.5) is 0 Å². The largest absolute Gasteiger partial charge is 0.376 e. The van der Waals surface area contributed by atoms with Crippen LogP contribution in [0, 0.1) is 13.8 Å². The predicted molar refractivity (Wildman–Crippen MR) is 109 cm³/mol. The molecule has 2 aromatic heterocycles. The van der Waals surface area contributed by atoms with Gasteiger partial charge in [0.2, 0.25) is 5.89 Å². The molecule has 0 bridgehead atoms. The van der Waals surface area contributed by atoms with E-state index in [1.807, 2.05) is 49.1 Å². The first-order valence-electron chi connectivity index (χ1n) is 9.81. The van der Waals surface area contributed by atoms with E-state index in [-0.39, 0.29) is 11.9 Å². The van der Waals surface area contributed by atoms with Gasteiger partial charge in [-0.2, -0.15) is 4.98 Å². The van der Waals surface area contributed by atoms with Crippen LogP contribution >= 0.6 is 11.3 Å². The first kappa shape index (κ1) is 19.7. The molecule has 7 nitrogen and oxygen atoms in total. The van der Waals surface area contributed by atoms with Crippen LogP contribution in [-0.4, -0.2) is 39.1 Å². The molecule has 152 valence electrons. The molecule has 1 unspecified atom stereocenters. The highest BCUT2D eigenvalue weighted by Gasteiger charge is 2.35. The van der Waals surface area contributed by atoms with Crippen molar-refractivity contribution in [2.45, 2.75) is 45.8 Å². The Labute approximate surface area is 173 Å². The molecule has 8 heteroatoms. The Morgan fingerprint density at radius 3 is 2.86 bits per heavy atom. The Morgan fingerprint density at radius 1 is 1.28 bits per heavy atom. The van der Waals surface area contributed by atoms with Gasteiger partial charge in [0.05, 0.1) is 23.9 Å². The number of carbonyl (C=O) groups is 1. The lowest BCUT2D eigenvalue weighted by Gasteiger charge is -2.21. The van der Waals surface area contributed by atoms with Gasteiger partial charge in [0, 0.05) is 13.0 Å². The maximum atomic E-state index is 13.0. The smallest absolute Gasteiger partial charge is 0.266 e. The van der Waals surface area contributed by atoms with E-state index < -0.39 is 0 Å². The van der Waals surface area contributed by atoms with Gasteiger partial charge in [-0.05, 0) is 32.3 Å². The summed E-state index contributed by atoms with van der Waals surface area (Å²) in [6, 6.07) is 9.87. The van der Waals surface area contributed by atoms with Crippen LogP contribution in [0.3, 0.4) is 0 Å². The van der Waals surface area contributed by atoms with Crippen molar-refractivity contribution < 1.29 is 14.1 Å². The van der Waals surface area contributed by atoms with Gasteiger partial charge in [0.1, 0.15) is 10.9 Å². The molecule has 1 aliphatic rings. The molecule has 0 spiro atoms. The van der Waals surface area contributed by atoms with Crippen LogP contribution < -0.4 is 0 Å². The average Bonchev–Trinajstić information content (AvgIpc) is 3.45. The standard InChI is InChI=1S/C21H24N4O3S/c1-14-19(29-15(2)22-14)21(26)25-11-6-9-17(25)20-23-18(24-28-20)10-12-27-13-16-7-4-3-5-8-16/h3-5,7-8,17H,6,9-13H2,1-2H3. The number of ether oxygens (including phenoxy) is 1. The molecule has 1 fully saturated rings. The monoisotopic (exact) mass is 412 g/mol. The predicted octanol–water partition coefficient (Wildman–Crippen LogP) is 3.88. The highest BCUT2D eigenvalue weighted by Crippen LogP contribution is 2.33. The summed E-state index contributed by atoms with van der Waals surface area (Å²) in [7, 11) is 0. The van der Waals surface area contributed by atoms with Crippen LogP contribution in [0.2, 0.25) is 0 Å². The normalized spacial score (nSPS) is 16.5. The maximum absolute atomic E-state index is 13.0. The van der Waals surface area contributed by atoms with Crippen molar-refractivity contribution in [3.63, 3.8) is 0 Å². The highest BCUT2D eigenvalue weighted by atomic mass is 32.1. The molecule has 1 aliphatic heterocycles. The quantitative estimate of drug-likeness (QED) is 0.548. The highest BCUT2D eigenvalue weighted by molar-refractivity contribution is 7.13. The Kier molecular flexibility index (Phi) is 6.01. The molecule has 0 N–H and O–H groups in total. The number of nitrogens with zero attached hydrogens (tertiary/aromatic N) is 4. The fourth-order valence-corrected chi connectivity index (χ4v) is 4.43. The zero-order valence-corrected chi connectivity index (χ0v) is 17.4. The first-order chi connectivity index (χ1) is 14.1. The van der Waals surface area contributed by atoms with Crippen LogP contribution in [0.5, 0.6) is 0 Å². The van der Waals surface area contributed by atoms with Gasteiger partial charge in [0.15, 0.2) is 5.82 Å². The molecular formula is C21H24N4O3S. The number of likely N-dealkylation sites (tertiary alicyclic amines) is 1. The van der Waals surface area contributed by atoms with Gasteiger partial charge in [-0.1, -0.05) is 35.5 Å². The summed E-state index contributed by atoms with van der Waals surface area (Å²) < 4.78 is 11.2. The van der Waals surface area contributed by atoms with Gasteiger partial charge >= 0.3 is 0 Å². The molecular weight excluding hydrogens is 388 g/mol. The number of aromatic nitrogens is 3. The molecule has 0 saturated carbocycles. The summed E-state index contributed by atoms with van der Waals surface area (Å²) in [4.78, 5) is 24.4. The number of amides is 1. The van der Waals surface area contributed by atoms with E-state index in [0.717, 1.165) is 29.1 Å². The third-order valence-electron chi connectivity index (χ3n) is 4.96. The van der Waals surface area contributed by atoms with E-state index in [4.69, 9.17) is 9.26 Å². The fourth-order valence-electron chi connectivity index (χ4n) is 3.56. The lowest BCUT2D eigenvalue weighted by Crippen LogP contribution is -2.30. The minimum absolute atomic E-state index is 0.00143. The van der Waals surface area contributed by atoms with Crippen LogP contribution in [0.1, 0.15) is 56.5 Å². The SMILES string of the molecule is Cc1nc(C)c(C(=O)N2CCCC2c2nc(CCOCc3ccccc3)no2)s1. The molecule has 1 saturated heterocycles. The molecule has 3 aromatic rings. The maximum Gasteiger partial charge on any atom is 0.266 e. The second kappa shape index (κ2) is 8.84.